The topological polar surface area (TPSA) is 93.5 Å². The van der Waals surface area contributed by atoms with Gasteiger partial charge in [-0.3, -0.25) is 14.4 Å². The molecule has 0 aromatic heterocycles. The lowest BCUT2D eigenvalue weighted by atomic mass is 10.2. The first-order valence-electron chi connectivity index (χ1n) is 10.7. The van der Waals surface area contributed by atoms with E-state index in [1.54, 1.807) is 35.2 Å². The molecule has 2 heterocycles. The number of thioether (sulfide) groups is 1. The molecule has 32 heavy (non-hydrogen) atoms. The number of nitrogens with zero attached hydrogens (tertiary/aromatic N) is 3. The zero-order valence-corrected chi connectivity index (χ0v) is 18.4. The second-order valence-electron chi connectivity index (χ2n) is 7.87. The van der Waals surface area contributed by atoms with Gasteiger partial charge in [0, 0.05) is 23.7 Å². The van der Waals surface area contributed by atoms with Crippen molar-refractivity contribution in [2.45, 2.75) is 35.8 Å². The first kappa shape index (κ1) is 21.9. The van der Waals surface area contributed by atoms with Gasteiger partial charge in [-0.05, 0) is 43.2 Å². The van der Waals surface area contributed by atoms with Crippen LogP contribution in [0.25, 0.3) is 0 Å². The Bertz CT molecular complexity index is 1070. The summed E-state index contributed by atoms with van der Waals surface area (Å²) in [5, 5.41) is 10.9. The number of nitrogens with one attached hydrogen (secondary N) is 1. The zero-order chi connectivity index (χ0) is 22.5. The molecule has 0 spiro atoms. The fourth-order valence-corrected chi connectivity index (χ4v) is 5.19. The van der Waals surface area contributed by atoms with E-state index in [2.05, 4.69) is 5.32 Å². The number of hydrogen-bond donors (Lipinski definition) is 1. The predicted octanol–water partition coefficient (Wildman–Crippen LogP) is 3.41. The number of likely N-dealkylation sites (tertiary alicyclic amines) is 1. The van der Waals surface area contributed by atoms with Crippen molar-refractivity contribution in [2.75, 3.05) is 29.9 Å². The van der Waals surface area contributed by atoms with Crippen molar-refractivity contribution in [1.29, 1.82) is 5.26 Å². The number of fused-ring (bicyclic) bond motifs is 1. The molecule has 2 aromatic carbocycles. The van der Waals surface area contributed by atoms with E-state index in [0.29, 0.717) is 30.0 Å². The van der Waals surface area contributed by atoms with Crippen LogP contribution in [0.2, 0.25) is 0 Å². The summed E-state index contributed by atoms with van der Waals surface area (Å²) in [6, 6.07) is 16.0. The van der Waals surface area contributed by atoms with Crippen LogP contribution in [0.3, 0.4) is 0 Å². The van der Waals surface area contributed by atoms with Crippen LogP contribution in [0.1, 0.15) is 31.2 Å². The lowest BCUT2D eigenvalue weighted by Gasteiger charge is -2.34. The van der Waals surface area contributed by atoms with E-state index in [4.69, 9.17) is 5.26 Å². The molecule has 0 unspecified atom stereocenters. The molecule has 2 aromatic rings. The molecule has 2 aliphatic rings. The van der Waals surface area contributed by atoms with Crippen LogP contribution in [0.5, 0.6) is 0 Å². The zero-order valence-electron chi connectivity index (χ0n) is 17.6. The fourth-order valence-electron chi connectivity index (χ4n) is 4.00. The van der Waals surface area contributed by atoms with Crippen LogP contribution in [0, 0.1) is 11.3 Å². The number of nitriles is 1. The number of carbonyl (C=O) groups is 3. The normalized spacial score (nSPS) is 18.3. The van der Waals surface area contributed by atoms with Gasteiger partial charge < -0.3 is 15.1 Å². The molecule has 1 fully saturated rings. The third-order valence-electron chi connectivity index (χ3n) is 5.61. The maximum absolute atomic E-state index is 13.4. The summed E-state index contributed by atoms with van der Waals surface area (Å²) < 4.78 is 0. The number of carbonyl (C=O) groups excluding carboxylic acids is 3. The van der Waals surface area contributed by atoms with E-state index < -0.39 is 11.2 Å². The van der Waals surface area contributed by atoms with Crippen LogP contribution in [0.15, 0.2) is 53.4 Å². The minimum Gasteiger partial charge on any atom is -0.341 e. The molecule has 7 nitrogen and oxygen atoms in total. The lowest BCUT2D eigenvalue weighted by Crippen LogP contribution is -2.51. The first-order valence-corrected chi connectivity index (χ1v) is 11.6. The van der Waals surface area contributed by atoms with E-state index >= 15 is 0 Å². The van der Waals surface area contributed by atoms with Crippen LogP contribution < -0.4 is 10.2 Å². The van der Waals surface area contributed by atoms with E-state index in [1.165, 1.54) is 16.7 Å². The van der Waals surface area contributed by atoms with Crippen LogP contribution in [-0.4, -0.2) is 47.5 Å². The maximum Gasteiger partial charge on any atom is 0.250 e. The Morgan fingerprint density at radius 2 is 1.81 bits per heavy atom. The standard InChI is InChI=1S/C24H24N4O3S/c25-15-17-8-7-9-18(14-17)26-21(29)16-28-19-10-3-4-11-20(19)32-22(24(28)31)23(30)27-12-5-1-2-6-13-27/h3-4,7-11,14,22H,1-2,5-6,12-13,16H2,(H,26,29)/t22-/m1/s1. The third kappa shape index (κ3) is 4.78. The number of amides is 3. The minimum atomic E-state index is -0.891. The highest BCUT2D eigenvalue weighted by Crippen LogP contribution is 2.39. The second-order valence-corrected chi connectivity index (χ2v) is 9.02. The van der Waals surface area contributed by atoms with E-state index in [0.717, 1.165) is 30.6 Å². The monoisotopic (exact) mass is 448 g/mol. The predicted molar refractivity (Wildman–Crippen MR) is 123 cm³/mol. The highest BCUT2D eigenvalue weighted by Gasteiger charge is 2.40. The first-order chi connectivity index (χ1) is 15.6. The molecule has 4 rings (SSSR count). The van der Waals surface area contributed by atoms with Crippen molar-refractivity contribution in [3.8, 4) is 6.07 Å². The molecule has 1 N–H and O–H groups in total. The molecule has 0 bridgehead atoms. The number of anilines is 2. The van der Waals surface area contributed by atoms with Gasteiger partial charge in [-0.2, -0.15) is 5.26 Å². The van der Waals surface area contributed by atoms with Gasteiger partial charge in [-0.15, -0.1) is 11.8 Å². The number of benzene rings is 2. The van der Waals surface area contributed by atoms with Gasteiger partial charge in [0.25, 0.3) is 5.91 Å². The quantitative estimate of drug-likeness (QED) is 0.724. The average molecular weight is 449 g/mol. The summed E-state index contributed by atoms with van der Waals surface area (Å²) >= 11 is 1.26. The Kier molecular flexibility index (Phi) is 6.76. The third-order valence-corrected chi connectivity index (χ3v) is 6.85. The van der Waals surface area contributed by atoms with Gasteiger partial charge in [-0.25, -0.2) is 0 Å². The SMILES string of the molecule is N#Cc1cccc(NC(=O)CN2C(=O)[C@@H](C(=O)N3CCCCCC3)Sc3ccccc32)c1. The van der Waals surface area contributed by atoms with Gasteiger partial charge in [0.1, 0.15) is 6.54 Å². The molecule has 0 aliphatic carbocycles. The summed E-state index contributed by atoms with van der Waals surface area (Å²) in [5.74, 6) is -0.941. The largest absolute Gasteiger partial charge is 0.341 e. The molecule has 8 heteroatoms. The fraction of sp³-hybridized carbons (Fsp3) is 0.333. The molecule has 0 radical (unpaired) electrons. The van der Waals surface area contributed by atoms with Gasteiger partial charge in [0.05, 0.1) is 17.3 Å². The Balaban J connectivity index is 1.54. The molecule has 1 atom stereocenters. The van der Waals surface area contributed by atoms with Crippen LogP contribution >= 0.6 is 11.8 Å². The van der Waals surface area contributed by atoms with Crippen molar-refractivity contribution < 1.29 is 14.4 Å². The van der Waals surface area contributed by atoms with Crippen molar-refractivity contribution in [3.63, 3.8) is 0 Å². The Labute approximate surface area is 191 Å². The van der Waals surface area contributed by atoms with Crippen LogP contribution in [0.4, 0.5) is 11.4 Å². The molecule has 1 saturated heterocycles. The molecular weight excluding hydrogens is 424 g/mol. The van der Waals surface area contributed by atoms with Gasteiger partial charge in [0.2, 0.25) is 11.8 Å². The van der Waals surface area contributed by atoms with Gasteiger partial charge in [0.15, 0.2) is 5.25 Å². The van der Waals surface area contributed by atoms with Crippen LogP contribution in [-0.2, 0) is 14.4 Å². The molecule has 3 amide bonds. The van der Waals surface area contributed by atoms with Gasteiger partial charge in [-0.1, -0.05) is 31.0 Å². The maximum atomic E-state index is 13.4. The molecule has 2 aliphatic heterocycles. The van der Waals surface area contributed by atoms with Gasteiger partial charge >= 0.3 is 0 Å². The number of rotatable bonds is 4. The Morgan fingerprint density at radius 3 is 2.56 bits per heavy atom. The van der Waals surface area contributed by atoms with E-state index in [9.17, 15) is 14.4 Å². The highest BCUT2D eigenvalue weighted by molar-refractivity contribution is 8.01. The molecule has 164 valence electrons. The number of para-hydroxylation sites is 1. The molecule has 0 saturated carbocycles. The van der Waals surface area contributed by atoms with Crippen molar-refractivity contribution >= 4 is 40.9 Å². The Hall–Kier alpha value is -3.31. The summed E-state index contributed by atoms with van der Waals surface area (Å²) in [6.45, 7) is 1.12. The summed E-state index contributed by atoms with van der Waals surface area (Å²) in [4.78, 5) is 43.4. The van der Waals surface area contributed by atoms with E-state index in [1.807, 2.05) is 24.3 Å². The summed E-state index contributed by atoms with van der Waals surface area (Å²) in [5.41, 5.74) is 1.54. The summed E-state index contributed by atoms with van der Waals surface area (Å²) in [7, 11) is 0. The van der Waals surface area contributed by atoms with Crippen molar-refractivity contribution in [3.05, 3.63) is 54.1 Å². The number of hydrogen-bond acceptors (Lipinski definition) is 5. The Morgan fingerprint density at radius 1 is 1.06 bits per heavy atom. The lowest BCUT2D eigenvalue weighted by molar-refractivity contribution is -0.135. The van der Waals surface area contributed by atoms with E-state index in [-0.39, 0.29) is 18.4 Å². The second kappa shape index (κ2) is 9.88. The summed E-state index contributed by atoms with van der Waals surface area (Å²) in [6.07, 6.45) is 4.08. The minimum absolute atomic E-state index is 0.177. The van der Waals surface area contributed by atoms with Crippen molar-refractivity contribution in [2.24, 2.45) is 0 Å². The smallest absolute Gasteiger partial charge is 0.250 e. The average Bonchev–Trinajstić information content (AvgIpc) is 3.10. The van der Waals surface area contributed by atoms with Crippen molar-refractivity contribution in [1.82, 2.24) is 4.90 Å². The highest BCUT2D eigenvalue weighted by atomic mass is 32.2. The molecular formula is C24H24N4O3S.